The molecule has 1 N–H and O–H groups in total. The molecule has 0 amide bonds. The van der Waals surface area contributed by atoms with Crippen molar-refractivity contribution in [2.24, 2.45) is 0 Å². The smallest absolute Gasteiger partial charge is 0.0904 e. The van der Waals surface area contributed by atoms with Gasteiger partial charge in [-0.2, -0.15) is 0 Å². The molecule has 0 saturated heterocycles. The summed E-state index contributed by atoms with van der Waals surface area (Å²) in [6.07, 6.45) is 3.07. The van der Waals surface area contributed by atoms with E-state index in [4.69, 9.17) is 0 Å². The van der Waals surface area contributed by atoms with E-state index in [9.17, 15) is 5.11 Å². The molecule has 0 radical (unpaired) electrons. The minimum atomic E-state index is -0.454. The fraction of sp³-hybridized carbons (Fsp3) is 0.556. The Kier molecular flexibility index (Phi) is 1.55. The van der Waals surface area contributed by atoms with Crippen LogP contribution in [0, 0.1) is 6.92 Å². The Morgan fingerprint density at radius 1 is 1.55 bits per heavy atom. The van der Waals surface area contributed by atoms with Gasteiger partial charge in [0.1, 0.15) is 0 Å². The predicted molar refractivity (Wildman–Crippen MR) is 46.8 cm³/mol. The maximum absolute atomic E-state index is 9.90. The first kappa shape index (κ1) is 7.32. The molecule has 1 fully saturated rings. The number of aliphatic hydroxyl groups is 1. The van der Waals surface area contributed by atoms with Gasteiger partial charge in [-0.15, -0.1) is 11.3 Å². The van der Waals surface area contributed by atoms with Gasteiger partial charge in [0.2, 0.25) is 0 Å². The topological polar surface area (TPSA) is 20.2 Å². The van der Waals surface area contributed by atoms with Gasteiger partial charge in [-0.1, -0.05) is 0 Å². The summed E-state index contributed by atoms with van der Waals surface area (Å²) >= 11 is 1.72. The summed E-state index contributed by atoms with van der Waals surface area (Å²) in [6, 6.07) is 2.10. The molecule has 1 heterocycles. The lowest BCUT2D eigenvalue weighted by Crippen LogP contribution is -2.32. The minimum absolute atomic E-state index is 0.454. The molecule has 0 aromatic carbocycles. The van der Waals surface area contributed by atoms with Crippen molar-refractivity contribution in [3.8, 4) is 0 Å². The van der Waals surface area contributed by atoms with Crippen molar-refractivity contribution < 1.29 is 5.11 Å². The Labute approximate surface area is 70.7 Å². The number of hydrogen-bond donors (Lipinski definition) is 1. The molecule has 1 aliphatic rings. The molecule has 1 aromatic heterocycles. The zero-order valence-corrected chi connectivity index (χ0v) is 7.45. The number of thiophene rings is 1. The van der Waals surface area contributed by atoms with E-state index in [1.807, 2.05) is 0 Å². The van der Waals surface area contributed by atoms with Crippen molar-refractivity contribution in [2.45, 2.75) is 31.8 Å². The van der Waals surface area contributed by atoms with Gasteiger partial charge in [0.15, 0.2) is 0 Å². The average molecular weight is 168 g/mol. The molecule has 0 bridgehead atoms. The van der Waals surface area contributed by atoms with Crippen molar-refractivity contribution >= 4 is 11.3 Å². The fourth-order valence-electron chi connectivity index (χ4n) is 1.49. The maximum atomic E-state index is 9.90. The van der Waals surface area contributed by atoms with E-state index in [0.29, 0.717) is 0 Å². The van der Waals surface area contributed by atoms with Crippen LogP contribution in [0.4, 0.5) is 0 Å². The molecule has 1 aliphatic carbocycles. The van der Waals surface area contributed by atoms with Gasteiger partial charge in [0.05, 0.1) is 5.60 Å². The quantitative estimate of drug-likeness (QED) is 0.682. The molecule has 2 heteroatoms. The highest BCUT2D eigenvalue weighted by molar-refractivity contribution is 7.10. The van der Waals surface area contributed by atoms with Crippen molar-refractivity contribution in [1.82, 2.24) is 0 Å². The zero-order chi connectivity index (χ0) is 7.90. The lowest BCUT2D eigenvalue weighted by molar-refractivity contribution is -0.0384. The van der Waals surface area contributed by atoms with E-state index in [0.717, 1.165) is 18.4 Å². The molecule has 1 saturated carbocycles. The highest BCUT2D eigenvalue weighted by Crippen LogP contribution is 2.42. The predicted octanol–water partition coefficient (Wildman–Crippen LogP) is 2.43. The van der Waals surface area contributed by atoms with Gasteiger partial charge in [0.25, 0.3) is 0 Å². The summed E-state index contributed by atoms with van der Waals surface area (Å²) in [5.41, 5.74) is 0.677. The normalized spacial score (nSPS) is 21.3. The lowest BCUT2D eigenvalue weighted by atomic mass is 9.76. The molecule has 0 unspecified atom stereocenters. The second-order valence-corrected chi connectivity index (χ2v) is 4.45. The third-order valence-corrected chi connectivity index (χ3v) is 3.31. The van der Waals surface area contributed by atoms with Crippen LogP contribution in [0.2, 0.25) is 0 Å². The monoisotopic (exact) mass is 168 g/mol. The third kappa shape index (κ3) is 1.10. The van der Waals surface area contributed by atoms with Crippen molar-refractivity contribution in [2.75, 3.05) is 0 Å². The van der Waals surface area contributed by atoms with Crippen LogP contribution >= 0.6 is 11.3 Å². The first-order valence-corrected chi connectivity index (χ1v) is 4.87. The number of hydrogen-bond acceptors (Lipinski definition) is 2. The summed E-state index contributed by atoms with van der Waals surface area (Å²) in [5, 5.41) is 12.0. The number of rotatable bonds is 1. The summed E-state index contributed by atoms with van der Waals surface area (Å²) in [6.45, 7) is 2.08. The van der Waals surface area contributed by atoms with Crippen LogP contribution in [0.25, 0.3) is 0 Å². The Balaban J connectivity index is 2.28. The zero-order valence-electron chi connectivity index (χ0n) is 6.63. The molecule has 1 aromatic rings. The van der Waals surface area contributed by atoms with Crippen LogP contribution in [0.15, 0.2) is 11.4 Å². The molecule has 0 aliphatic heterocycles. The Hall–Kier alpha value is -0.340. The molecule has 11 heavy (non-hydrogen) atoms. The highest BCUT2D eigenvalue weighted by Gasteiger charge is 2.36. The second-order valence-electron chi connectivity index (χ2n) is 3.33. The van der Waals surface area contributed by atoms with E-state index in [1.54, 1.807) is 11.3 Å². The summed E-state index contributed by atoms with van der Waals surface area (Å²) in [7, 11) is 0. The van der Waals surface area contributed by atoms with Crippen LogP contribution in [-0.2, 0) is 5.60 Å². The molecular formula is C9H12OS. The van der Waals surface area contributed by atoms with Crippen LogP contribution in [0.1, 0.15) is 29.7 Å². The van der Waals surface area contributed by atoms with Crippen LogP contribution in [0.3, 0.4) is 0 Å². The van der Waals surface area contributed by atoms with Gasteiger partial charge in [-0.3, -0.25) is 0 Å². The lowest BCUT2D eigenvalue weighted by Gasteiger charge is -2.36. The van der Waals surface area contributed by atoms with Crippen molar-refractivity contribution in [1.29, 1.82) is 0 Å². The minimum Gasteiger partial charge on any atom is -0.385 e. The Morgan fingerprint density at radius 2 is 2.27 bits per heavy atom. The van der Waals surface area contributed by atoms with E-state index in [-0.39, 0.29) is 0 Å². The van der Waals surface area contributed by atoms with E-state index in [1.165, 1.54) is 11.3 Å². The molecule has 1 nitrogen and oxygen atoms in total. The van der Waals surface area contributed by atoms with Gasteiger partial charge >= 0.3 is 0 Å². The molecule has 0 atom stereocenters. The number of aryl methyl sites for hydroxylation is 1. The second kappa shape index (κ2) is 2.32. The Morgan fingerprint density at radius 3 is 2.64 bits per heavy atom. The van der Waals surface area contributed by atoms with Gasteiger partial charge < -0.3 is 5.11 Å². The third-order valence-electron chi connectivity index (χ3n) is 2.45. The van der Waals surface area contributed by atoms with E-state index in [2.05, 4.69) is 18.4 Å². The standard InChI is InChI=1S/C9H12OS/c1-7-5-8(6-11-7)9(10)3-2-4-9/h5-6,10H,2-4H2,1H3. The Bertz CT molecular complexity index is 260. The summed E-state index contributed by atoms with van der Waals surface area (Å²) in [4.78, 5) is 1.29. The highest BCUT2D eigenvalue weighted by atomic mass is 32.1. The van der Waals surface area contributed by atoms with Crippen molar-refractivity contribution in [3.63, 3.8) is 0 Å². The molecule has 60 valence electrons. The van der Waals surface area contributed by atoms with E-state index >= 15 is 0 Å². The van der Waals surface area contributed by atoms with Crippen LogP contribution in [-0.4, -0.2) is 5.11 Å². The molecule has 0 spiro atoms. The van der Waals surface area contributed by atoms with Crippen LogP contribution < -0.4 is 0 Å². The fourth-order valence-corrected chi connectivity index (χ4v) is 2.28. The van der Waals surface area contributed by atoms with E-state index < -0.39 is 5.60 Å². The van der Waals surface area contributed by atoms with Gasteiger partial charge in [-0.25, -0.2) is 0 Å². The van der Waals surface area contributed by atoms with Gasteiger partial charge in [-0.05, 0) is 43.2 Å². The SMILES string of the molecule is Cc1cc(C2(O)CCC2)cs1. The van der Waals surface area contributed by atoms with Gasteiger partial charge in [0, 0.05) is 4.88 Å². The average Bonchev–Trinajstić information content (AvgIpc) is 2.31. The summed E-state index contributed by atoms with van der Waals surface area (Å²) in [5.74, 6) is 0. The largest absolute Gasteiger partial charge is 0.385 e. The maximum Gasteiger partial charge on any atom is 0.0904 e. The van der Waals surface area contributed by atoms with Crippen molar-refractivity contribution in [3.05, 3.63) is 21.9 Å². The van der Waals surface area contributed by atoms with Crippen LogP contribution in [0.5, 0.6) is 0 Å². The molecular weight excluding hydrogens is 156 g/mol. The molecule has 2 rings (SSSR count). The first-order chi connectivity index (χ1) is 5.21. The summed E-state index contributed by atoms with van der Waals surface area (Å²) < 4.78 is 0. The first-order valence-electron chi connectivity index (χ1n) is 3.99.